The highest BCUT2D eigenvalue weighted by molar-refractivity contribution is 7.89. The molecular weight excluding hydrogens is 280 g/mol. The molecule has 0 aliphatic rings. The van der Waals surface area contributed by atoms with Gasteiger partial charge in [-0.15, -0.1) is 0 Å². The zero-order valence-corrected chi connectivity index (χ0v) is 12.6. The molecule has 0 fully saturated rings. The largest absolute Gasteiger partial charge is 0.355 e. The molecule has 0 radical (unpaired) electrons. The van der Waals surface area contributed by atoms with E-state index >= 15 is 0 Å². The van der Waals surface area contributed by atoms with Crippen molar-refractivity contribution in [3.63, 3.8) is 0 Å². The Hall–Kier alpha value is -1.64. The van der Waals surface area contributed by atoms with Gasteiger partial charge in [-0.25, -0.2) is 13.1 Å². The van der Waals surface area contributed by atoms with Crippen molar-refractivity contribution in [3.8, 4) is 0 Å². The first kappa shape index (κ1) is 16.4. The second-order valence-electron chi connectivity index (χ2n) is 4.46. The van der Waals surface area contributed by atoms with E-state index in [-0.39, 0.29) is 23.9 Å². The van der Waals surface area contributed by atoms with Crippen molar-refractivity contribution in [1.82, 2.24) is 10.0 Å². The number of carbonyl (C=O) groups excluding carboxylic acids is 1. The van der Waals surface area contributed by atoms with Gasteiger partial charge in [-0.05, 0) is 37.1 Å². The SMILES string of the molecule is CC(=O)NCCNS(=O)(=O)c1c(C)cc(NN)cc1C. The fraction of sp³-hybridized carbons (Fsp3) is 0.417. The van der Waals surface area contributed by atoms with Gasteiger partial charge in [0.15, 0.2) is 0 Å². The van der Waals surface area contributed by atoms with Gasteiger partial charge in [0.2, 0.25) is 15.9 Å². The quantitative estimate of drug-likeness (QED) is 0.335. The molecule has 1 aromatic rings. The van der Waals surface area contributed by atoms with Crippen LogP contribution in [0.25, 0.3) is 0 Å². The highest BCUT2D eigenvalue weighted by Crippen LogP contribution is 2.23. The summed E-state index contributed by atoms with van der Waals surface area (Å²) >= 11 is 0. The van der Waals surface area contributed by atoms with Crippen LogP contribution in [-0.2, 0) is 14.8 Å². The van der Waals surface area contributed by atoms with Crippen LogP contribution in [0.1, 0.15) is 18.1 Å². The molecule has 7 nitrogen and oxygen atoms in total. The first-order chi connectivity index (χ1) is 9.27. The third kappa shape index (κ3) is 4.19. The lowest BCUT2D eigenvalue weighted by atomic mass is 10.1. The predicted molar refractivity (Wildman–Crippen MR) is 77.6 cm³/mol. The van der Waals surface area contributed by atoms with Gasteiger partial charge < -0.3 is 10.7 Å². The Bertz CT molecular complexity index is 576. The van der Waals surface area contributed by atoms with Gasteiger partial charge in [0.05, 0.1) is 4.90 Å². The second-order valence-corrected chi connectivity index (χ2v) is 6.17. The van der Waals surface area contributed by atoms with Crippen LogP contribution in [0, 0.1) is 13.8 Å². The van der Waals surface area contributed by atoms with Crippen LogP contribution >= 0.6 is 0 Å². The number of nitrogens with one attached hydrogen (secondary N) is 3. The summed E-state index contributed by atoms with van der Waals surface area (Å²) in [5, 5.41) is 2.52. The summed E-state index contributed by atoms with van der Waals surface area (Å²) in [6.45, 7) is 5.17. The maximum atomic E-state index is 12.2. The summed E-state index contributed by atoms with van der Waals surface area (Å²) in [5.74, 6) is 5.12. The molecule has 1 amide bonds. The van der Waals surface area contributed by atoms with Crippen LogP contribution in [0.2, 0.25) is 0 Å². The van der Waals surface area contributed by atoms with Crippen molar-refractivity contribution in [2.24, 2.45) is 5.84 Å². The maximum Gasteiger partial charge on any atom is 0.241 e. The van der Waals surface area contributed by atoms with Crippen LogP contribution in [0.15, 0.2) is 17.0 Å². The molecule has 0 aliphatic heterocycles. The Morgan fingerprint density at radius 1 is 1.20 bits per heavy atom. The van der Waals surface area contributed by atoms with E-state index in [1.807, 2.05) is 0 Å². The van der Waals surface area contributed by atoms with Gasteiger partial charge in [0, 0.05) is 25.7 Å². The zero-order valence-electron chi connectivity index (χ0n) is 11.8. The monoisotopic (exact) mass is 300 g/mol. The number of nitrogens with two attached hydrogens (primary N) is 1. The number of aryl methyl sites for hydroxylation is 2. The zero-order chi connectivity index (χ0) is 15.3. The number of benzene rings is 1. The van der Waals surface area contributed by atoms with E-state index in [0.717, 1.165) is 0 Å². The fourth-order valence-electron chi connectivity index (χ4n) is 1.95. The highest BCUT2D eigenvalue weighted by atomic mass is 32.2. The number of hydrazine groups is 1. The molecule has 0 saturated heterocycles. The summed E-state index contributed by atoms with van der Waals surface area (Å²) in [4.78, 5) is 10.9. The van der Waals surface area contributed by atoms with Crippen LogP contribution < -0.4 is 21.3 Å². The van der Waals surface area contributed by atoms with Crippen LogP contribution in [0.4, 0.5) is 5.69 Å². The third-order valence-corrected chi connectivity index (χ3v) is 4.45. The van der Waals surface area contributed by atoms with Gasteiger partial charge in [-0.1, -0.05) is 0 Å². The lowest BCUT2D eigenvalue weighted by molar-refractivity contribution is -0.118. The van der Waals surface area contributed by atoms with Crippen molar-refractivity contribution in [1.29, 1.82) is 0 Å². The summed E-state index contributed by atoms with van der Waals surface area (Å²) in [6, 6.07) is 3.32. The van der Waals surface area contributed by atoms with Crippen molar-refractivity contribution in [2.45, 2.75) is 25.7 Å². The minimum absolute atomic E-state index is 0.137. The minimum Gasteiger partial charge on any atom is -0.355 e. The minimum atomic E-state index is -3.61. The molecule has 0 aromatic heterocycles. The molecule has 20 heavy (non-hydrogen) atoms. The Balaban J connectivity index is 2.90. The molecule has 1 aromatic carbocycles. The highest BCUT2D eigenvalue weighted by Gasteiger charge is 2.19. The number of rotatable bonds is 6. The Morgan fingerprint density at radius 2 is 1.75 bits per heavy atom. The molecule has 0 aliphatic carbocycles. The van der Waals surface area contributed by atoms with Crippen molar-refractivity contribution < 1.29 is 13.2 Å². The van der Waals surface area contributed by atoms with E-state index in [2.05, 4.69) is 15.5 Å². The average molecular weight is 300 g/mol. The normalized spacial score (nSPS) is 11.2. The third-order valence-electron chi connectivity index (χ3n) is 2.69. The summed E-state index contributed by atoms with van der Waals surface area (Å²) < 4.78 is 26.9. The van der Waals surface area contributed by atoms with E-state index in [1.165, 1.54) is 6.92 Å². The number of hydrogen-bond donors (Lipinski definition) is 4. The molecule has 0 bridgehead atoms. The van der Waals surface area contributed by atoms with Crippen LogP contribution in [0.3, 0.4) is 0 Å². The van der Waals surface area contributed by atoms with E-state index < -0.39 is 10.0 Å². The number of sulfonamides is 1. The smallest absolute Gasteiger partial charge is 0.241 e. The molecule has 5 N–H and O–H groups in total. The first-order valence-corrected chi connectivity index (χ1v) is 7.58. The molecule has 1 rings (SSSR count). The van der Waals surface area contributed by atoms with Gasteiger partial charge >= 0.3 is 0 Å². The summed E-state index contributed by atoms with van der Waals surface area (Å²) in [5.41, 5.74) is 4.34. The van der Waals surface area contributed by atoms with E-state index in [9.17, 15) is 13.2 Å². The topological polar surface area (TPSA) is 113 Å². The molecule has 0 saturated carbocycles. The number of nitrogen functional groups attached to an aromatic ring is 1. The number of carbonyl (C=O) groups is 1. The molecular formula is C12H20N4O3S. The summed E-state index contributed by atoms with van der Waals surface area (Å²) in [6.07, 6.45) is 0. The number of hydrogen-bond acceptors (Lipinski definition) is 5. The first-order valence-electron chi connectivity index (χ1n) is 6.10. The average Bonchev–Trinajstić information content (AvgIpc) is 2.33. The van der Waals surface area contributed by atoms with E-state index in [1.54, 1.807) is 26.0 Å². The number of anilines is 1. The number of amides is 1. The molecule has 0 unspecified atom stereocenters. The standard InChI is InChI=1S/C12H20N4O3S/c1-8-6-11(16-13)7-9(2)12(8)20(18,19)15-5-4-14-10(3)17/h6-7,15-16H,4-5,13H2,1-3H3,(H,14,17). The van der Waals surface area contributed by atoms with Crippen LogP contribution in [0.5, 0.6) is 0 Å². The Kier molecular flexibility index (Phi) is 5.49. The molecule has 112 valence electrons. The lowest BCUT2D eigenvalue weighted by Gasteiger charge is -2.14. The van der Waals surface area contributed by atoms with Crippen molar-refractivity contribution in [2.75, 3.05) is 18.5 Å². The summed E-state index contributed by atoms with van der Waals surface area (Å²) in [7, 11) is -3.61. The molecule has 0 atom stereocenters. The fourth-order valence-corrected chi connectivity index (χ4v) is 3.43. The van der Waals surface area contributed by atoms with Crippen LogP contribution in [-0.4, -0.2) is 27.4 Å². The molecule has 8 heteroatoms. The maximum absolute atomic E-state index is 12.2. The predicted octanol–water partition coefficient (Wildman–Crippen LogP) is 0.00344. The van der Waals surface area contributed by atoms with Crippen molar-refractivity contribution in [3.05, 3.63) is 23.3 Å². The van der Waals surface area contributed by atoms with Crippen molar-refractivity contribution >= 4 is 21.6 Å². The van der Waals surface area contributed by atoms with Gasteiger partial charge in [-0.3, -0.25) is 10.6 Å². The van der Waals surface area contributed by atoms with Gasteiger partial charge in [0.25, 0.3) is 0 Å². The Labute approximate surface area is 119 Å². The Morgan fingerprint density at radius 3 is 2.20 bits per heavy atom. The lowest BCUT2D eigenvalue weighted by Crippen LogP contribution is -2.34. The van der Waals surface area contributed by atoms with E-state index in [0.29, 0.717) is 16.8 Å². The molecule has 0 heterocycles. The second kappa shape index (κ2) is 6.69. The van der Waals surface area contributed by atoms with Gasteiger partial charge in [-0.2, -0.15) is 0 Å². The molecule has 0 spiro atoms. The van der Waals surface area contributed by atoms with E-state index in [4.69, 9.17) is 5.84 Å². The van der Waals surface area contributed by atoms with Gasteiger partial charge in [0.1, 0.15) is 0 Å².